The van der Waals surface area contributed by atoms with Crippen LogP contribution in [0, 0.1) is 0 Å². The lowest BCUT2D eigenvalue weighted by atomic mass is 10.0. The third-order valence-electron chi connectivity index (χ3n) is 4.17. The lowest BCUT2D eigenvalue weighted by molar-refractivity contribution is 0.287. The average Bonchev–Trinajstić information content (AvgIpc) is 3.03. The molecule has 136 valence electrons. The van der Waals surface area contributed by atoms with Gasteiger partial charge >= 0.3 is 0 Å². The van der Waals surface area contributed by atoms with Crippen LogP contribution in [-0.4, -0.2) is 55.4 Å². The SMILES string of the molecule is CN=C(NCc1ccnn1C)NCC(c1ccccc1OC)N(C)C. The van der Waals surface area contributed by atoms with E-state index in [1.165, 1.54) is 0 Å². The van der Waals surface area contributed by atoms with Crippen LogP contribution in [0.2, 0.25) is 0 Å². The van der Waals surface area contributed by atoms with E-state index in [9.17, 15) is 0 Å². The molecular weight excluding hydrogens is 316 g/mol. The van der Waals surface area contributed by atoms with E-state index < -0.39 is 0 Å². The van der Waals surface area contributed by atoms with E-state index in [0.717, 1.165) is 23.0 Å². The topological polar surface area (TPSA) is 66.7 Å². The Hall–Kier alpha value is -2.54. The van der Waals surface area contributed by atoms with Crippen molar-refractivity contribution in [3.8, 4) is 5.75 Å². The van der Waals surface area contributed by atoms with Gasteiger partial charge in [0.25, 0.3) is 0 Å². The number of methoxy groups -OCH3 is 1. The summed E-state index contributed by atoms with van der Waals surface area (Å²) in [6, 6.07) is 10.2. The van der Waals surface area contributed by atoms with Crippen LogP contribution in [0.15, 0.2) is 41.5 Å². The van der Waals surface area contributed by atoms with Crippen LogP contribution in [0.3, 0.4) is 0 Å². The van der Waals surface area contributed by atoms with Gasteiger partial charge in [-0.3, -0.25) is 9.67 Å². The normalized spacial score (nSPS) is 13.0. The predicted molar refractivity (Wildman–Crippen MR) is 101 cm³/mol. The van der Waals surface area contributed by atoms with Crippen molar-refractivity contribution >= 4 is 5.96 Å². The van der Waals surface area contributed by atoms with Crippen molar-refractivity contribution in [3.05, 3.63) is 47.8 Å². The first-order valence-electron chi connectivity index (χ1n) is 8.27. The molecule has 1 aromatic heterocycles. The van der Waals surface area contributed by atoms with Crippen molar-refractivity contribution in [1.29, 1.82) is 0 Å². The number of hydrogen-bond donors (Lipinski definition) is 2. The van der Waals surface area contributed by atoms with E-state index in [-0.39, 0.29) is 6.04 Å². The molecule has 0 saturated carbocycles. The molecule has 0 aliphatic heterocycles. The van der Waals surface area contributed by atoms with Gasteiger partial charge in [0.15, 0.2) is 5.96 Å². The van der Waals surface area contributed by atoms with Crippen LogP contribution >= 0.6 is 0 Å². The number of nitrogens with one attached hydrogen (secondary N) is 2. The summed E-state index contributed by atoms with van der Waals surface area (Å²) < 4.78 is 7.35. The summed E-state index contributed by atoms with van der Waals surface area (Å²) in [5.74, 6) is 1.64. The number of guanidine groups is 1. The Morgan fingerprint density at radius 2 is 2.04 bits per heavy atom. The maximum absolute atomic E-state index is 5.51. The molecule has 0 amide bonds. The van der Waals surface area contributed by atoms with Gasteiger partial charge in [-0.1, -0.05) is 18.2 Å². The van der Waals surface area contributed by atoms with Gasteiger partial charge in [-0.25, -0.2) is 0 Å². The van der Waals surface area contributed by atoms with Crippen molar-refractivity contribution in [2.24, 2.45) is 12.0 Å². The summed E-state index contributed by atoms with van der Waals surface area (Å²) in [6.07, 6.45) is 1.79. The van der Waals surface area contributed by atoms with E-state index in [0.29, 0.717) is 13.1 Å². The van der Waals surface area contributed by atoms with E-state index in [4.69, 9.17) is 4.74 Å². The second-order valence-electron chi connectivity index (χ2n) is 5.97. The van der Waals surface area contributed by atoms with Gasteiger partial charge in [0.2, 0.25) is 0 Å². The molecule has 1 unspecified atom stereocenters. The largest absolute Gasteiger partial charge is 0.496 e. The van der Waals surface area contributed by atoms with Crippen LogP contribution in [-0.2, 0) is 13.6 Å². The number of rotatable bonds is 7. The molecule has 25 heavy (non-hydrogen) atoms. The molecule has 1 heterocycles. The molecule has 0 radical (unpaired) electrons. The average molecular weight is 344 g/mol. The highest BCUT2D eigenvalue weighted by atomic mass is 16.5. The van der Waals surface area contributed by atoms with Gasteiger partial charge in [0.1, 0.15) is 5.75 Å². The number of hydrogen-bond acceptors (Lipinski definition) is 4. The molecule has 0 aliphatic rings. The van der Waals surface area contributed by atoms with Crippen LogP contribution < -0.4 is 15.4 Å². The zero-order valence-corrected chi connectivity index (χ0v) is 15.7. The monoisotopic (exact) mass is 344 g/mol. The molecule has 0 spiro atoms. The Balaban J connectivity index is 2.00. The highest BCUT2D eigenvalue weighted by Crippen LogP contribution is 2.27. The molecule has 1 atom stereocenters. The zero-order valence-electron chi connectivity index (χ0n) is 15.7. The third-order valence-corrected chi connectivity index (χ3v) is 4.17. The first-order chi connectivity index (χ1) is 12.1. The van der Waals surface area contributed by atoms with Crippen LogP contribution in [0.4, 0.5) is 0 Å². The van der Waals surface area contributed by atoms with Crippen molar-refractivity contribution in [1.82, 2.24) is 25.3 Å². The van der Waals surface area contributed by atoms with Gasteiger partial charge in [-0.2, -0.15) is 5.10 Å². The zero-order chi connectivity index (χ0) is 18.2. The second-order valence-corrected chi connectivity index (χ2v) is 5.97. The smallest absolute Gasteiger partial charge is 0.191 e. The summed E-state index contributed by atoms with van der Waals surface area (Å²) in [7, 11) is 9.52. The van der Waals surface area contributed by atoms with Crippen LogP contribution in [0.1, 0.15) is 17.3 Å². The van der Waals surface area contributed by atoms with E-state index in [1.54, 1.807) is 20.4 Å². The predicted octanol–water partition coefficient (Wildman–Crippen LogP) is 1.40. The fourth-order valence-corrected chi connectivity index (χ4v) is 2.68. The Morgan fingerprint density at radius 1 is 1.28 bits per heavy atom. The summed E-state index contributed by atoms with van der Waals surface area (Å²) >= 11 is 0. The molecule has 0 bridgehead atoms. The fourth-order valence-electron chi connectivity index (χ4n) is 2.68. The van der Waals surface area contributed by atoms with Crippen molar-refractivity contribution in [3.63, 3.8) is 0 Å². The van der Waals surface area contributed by atoms with E-state index in [1.807, 2.05) is 36.0 Å². The minimum atomic E-state index is 0.159. The third kappa shape index (κ3) is 4.96. The lowest BCUT2D eigenvalue weighted by Gasteiger charge is -2.27. The Kier molecular flexibility index (Phi) is 6.82. The number of likely N-dealkylation sites (N-methyl/N-ethyl adjacent to an activating group) is 1. The summed E-state index contributed by atoms with van der Waals surface area (Å²) in [4.78, 5) is 6.47. The van der Waals surface area contributed by atoms with Crippen molar-refractivity contribution in [2.75, 3.05) is 34.8 Å². The summed E-state index contributed by atoms with van der Waals surface area (Å²) in [5, 5.41) is 10.9. The first kappa shape index (κ1) is 18.8. The number of nitrogens with zero attached hydrogens (tertiary/aromatic N) is 4. The molecule has 2 N–H and O–H groups in total. The number of benzene rings is 1. The number of aliphatic imine (C=N–C) groups is 1. The highest BCUT2D eigenvalue weighted by Gasteiger charge is 2.18. The summed E-state index contributed by atoms with van der Waals surface area (Å²) in [5.41, 5.74) is 2.24. The summed E-state index contributed by atoms with van der Waals surface area (Å²) in [6.45, 7) is 1.37. The highest BCUT2D eigenvalue weighted by molar-refractivity contribution is 5.79. The van der Waals surface area contributed by atoms with Crippen molar-refractivity contribution in [2.45, 2.75) is 12.6 Å². The molecule has 0 saturated heterocycles. The molecule has 2 aromatic rings. The number of aromatic nitrogens is 2. The van der Waals surface area contributed by atoms with Crippen LogP contribution in [0.25, 0.3) is 0 Å². The van der Waals surface area contributed by atoms with Crippen molar-refractivity contribution < 1.29 is 4.74 Å². The maximum Gasteiger partial charge on any atom is 0.191 e. The molecule has 2 rings (SSSR count). The van der Waals surface area contributed by atoms with Gasteiger partial charge in [0.05, 0.1) is 25.4 Å². The van der Waals surface area contributed by atoms with Gasteiger partial charge in [-0.15, -0.1) is 0 Å². The van der Waals surface area contributed by atoms with E-state index in [2.05, 4.69) is 45.8 Å². The molecule has 0 aliphatic carbocycles. The standard InChI is InChI=1S/C18H28N6O/c1-19-18(20-12-14-10-11-22-24(14)4)21-13-16(23(2)3)15-8-6-7-9-17(15)25-5/h6-11,16H,12-13H2,1-5H3,(H2,19,20,21). The Labute approximate surface area is 149 Å². The van der Waals surface area contributed by atoms with Gasteiger partial charge in [0, 0.05) is 32.4 Å². The molecule has 7 nitrogen and oxygen atoms in total. The minimum Gasteiger partial charge on any atom is -0.496 e. The molecule has 0 fully saturated rings. The van der Waals surface area contributed by atoms with Gasteiger partial charge < -0.3 is 20.3 Å². The number of aryl methyl sites for hydroxylation is 1. The maximum atomic E-state index is 5.51. The first-order valence-corrected chi connectivity index (χ1v) is 8.27. The van der Waals surface area contributed by atoms with Gasteiger partial charge in [-0.05, 0) is 26.2 Å². The minimum absolute atomic E-state index is 0.159. The second kappa shape index (κ2) is 9.08. The Morgan fingerprint density at radius 3 is 2.64 bits per heavy atom. The molecule has 1 aromatic carbocycles. The lowest BCUT2D eigenvalue weighted by Crippen LogP contribution is -2.41. The number of para-hydroxylation sites is 1. The number of ether oxygens (including phenoxy) is 1. The fraction of sp³-hybridized carbons (Fsp3) is 0.444. The Bertz CT molecular complexity index is 694. The van der Waals surface area contributed by atoms with E-state index >= 15 is 0 Å². The molecule has 7 heteroatoms. The molecular formula is C18H28N6O. The van der Waals surface area contributed by atoms with Crippen LogP contribution in [0.5, 0.6) is 5.75 Å². The quantitative estimate of drug-likeness (QED) is 0.587.